The lowest BCUT2D eigenvalue weighted by molar-refractivity contribution is 0.155. The molecule has 4 aromatic heterocycles. The van der Waals surface area contributed by atoms with Gasteiger partial charge in [0.05, 0.1) is 39.9 Å². The van der Waals surface area contributed by atoms with E-state index >= 15 is 0 Å². The molecule has 0 saturated heterocycles. The molecule has 4 heterocycles. The Morgan fingerprint density at radius 1 is 1.00 bits per heavy atom. The van der Waals surface area contributed by atoms with E-state index in [1.54, 1.807) is 12.3 Å². The van der Waals surface area contributed by atoms with Crippen molar-refractivity contribution in [2.75, 3.05) is 5.32 Å². The summed E-state index contributed by atoms with van der Waals surface area (Å²) in [6.07, 6.45) is 1.02. The van der Waals surface area contributed by atoms with Crippen LogP contribution in [0.5, 0.6) is 0 Å². The summed E-state index contributed by atoms with van der Waals surface area (Å²) in [4.78, 5) is 26.1. The van der Waals surface area contributed by atoms with Gasteiger partial charge in [-0.15, -0.1) is 0 Å². The number of carbonyl (C=O) groups excluding carboxylic acids is 1. The van der Waals surface area contributed by atoms with E-state index in [2.05, 4.69) is 48.1 Å². The number of anilines is 1. The van der Waals surface area contributed by atoms with Gasteiger partial charge in [-0.2, -0.15) is 5.10 Å². The molecule has 1 aromatic carbocycles. The van der Waals surface area contributed by atoms with Gasteiger partial charge in [0.15, 0.2) is 0 Å². The molecule has 0 saturated carbocycles. The molecule has 8 nitrogen and oxygen atoms in total. The van der Waals surface area contributed by atoms with Gasteiger partial charge in [-0.05, 0) is 65.4 Å². The number of pyridine rings is 3. The minimum absolute atomic E-state index is 0.185. The highest BCUT2D eigenvalue weighted by Gasteiger charge is 2.18. The van der Waals surface area contributed by atoms with Gasteiger partial charge in [0.2, 0.25) is 0 Å². The predicted molar refractivity (Wildman–Crippen MR) is 138 cm³/mol. The van der Waals surface area contributed by atoms with Crippen LogP contribution in [0.3, 0.4) is 0 Å². The highest BCUT2D eigenvalue weighted by molar-refractivity contribution is 14.1. The first-order chi connectivity index (χ1) is 16.6. The summed E-state index contributed by atoms with van der Waals surface area (Å²) in [6, 6.07) is 20.9. The van der Waals surface area contributed by atoms with E-state index in [0.717, 1.165) is 37.6 Å². The third-order valence-corrected chi connectivity index (χ3v) is 5.89. The Labute approximate surface area is 209 Å². The largest absolute Gasteiger partial charge is 0.444 e. The molecule has 2 N–H and O–H groups in total. The van der Waals surface area contributed by atoms with Crippen molar-refractivity contribution in [3.8, 4) is 22.6 Å². The molecule has 0 spiro atoms. The molecule has 0 bridgehead atoms. The molecule has 0 radical (unpaired) electrons. The quantitative estimate of drug-likeness (QED) is 0.265. The summed E-state index contributed by atoms with van der Waals surface area (Å²) in [7, 11) is 0. The maximum Gasteiger partial charge on any atom is 0.412 e. The van der Waals surface area contributed by atoms with Crippen LogP contribution in [0.25, 0.3) is 33.7 Å². The third kappa shape index (κ3) is 4.74. The Bertz CT molecular complexity index is 1490. The van der Waals surface area contributed by atoms with Crippen LogP contribution in [0, 0.1) is 10.6 Å². The minimum Gasteiger partial charge on any atom is -0.444 e. The van der Waals surface area contributed by atoms with E-state index in [9.17, 15) is 4.79 Å². The summed E-state index contributed by atoms with van der Waals surface area (Å²) in [5, 5.41) is 10.2. The van der Waals surface area contributed by atoms with E-state index in [1.807, 2.05) is 67.6 Å². The Morgan fingerprint density at radius 3 is 2.68 bits per heavy atom. The van der Waals surface area contributed by atoms with Gasteiger partial charge in [-0.1, -0.05) is 36.4 Å². The first-order valence-corrected chi connectivity index (χ1v) is 11.6. The van der Waals surface area contributed by atoms with Crippen LogP contribution in [-0.4, -0.2) is 31.2 Å². The van der Waals surface area contributed by atoms with Crippen molar-refractivity contribution >= 4 is 45.4 Å². The summed E-state index contributed by atoms with van der Waals surface area (Å²) in [5.74, 6) is 0. The maximum atomic E-state index is 12.2. The first kappa shape index (κ1) is 22.0. The Morgan fingerprint density at radius 2 is 1.85 bits per heavy atom. The molecule has 5 rings (SSSR count). The topological polar surface area (TPSA) is 106 Å². The van der Waals surface area contributed by atoms with Crippen molar-refractivity contribution in [2.24, 2.45) is 0 Å². The lowest BCUT2D eigenvalue weighted by atomic mass is 10.1. The Balaban J connectivity index is 1.41. The van der Waals surface area contributed by atoms with Crippen molar-refractivity contribution in [1.29, 1.82) is 0 Å². The van der Waals surface area contributed by atoms with Gasteiger partial charge in [0, 0.05) is 5.69 Å². The Hall–Kier alpha value is -3.86. The molecule has 5 aromatic rings. The molecule has 0 aliphatic carbocycles. The third-order valence-electron chi connectivity index (χ3n) is 5.11. The summed E-state index contributed by atoms with van der Waals surface area (Å²) in [5.41, 5.74) is 6.76. The monoisotopic (exact) mass is 562 g/mol. The number of hydrogen-bond donors (Lipinski definition) is 2. The molecule has 168 valence electrons. The van der Waals surface area contributed by atoms with Gasteiger partial charge in [-0.25, -0.2) is 9.78 Å². The van der Waals surface area contributed by atoms with Gasteiger partial charge in [0.1, 0.15) is 16.0 Å². The number of carbonyl (C=O) groups is 1. The zero-order valence-corrected chi connectivity index (χ0v) is 20.3. The van der Waals surface area contributed by atoms with E-state index in [4.69, 9.17) is 9.72 Å². The number of ether oxygens (including phenoxy) is 1. The number of nitrogens with zero attached hydrogens (tertiary/aromatic N) is 4. The molecule has 0 fully saturated rings. The number of aryl methyl sites for hydroxylation is 1. The number of aromatic amines is 1. The number of rotatable bonds is 5. The highest BCUT2D eigenvalue weighted by atomic mass is 127. The maximum absolute atomic E-state index is 12.2. The Kier molecular flexibility index (Phi) is 6.17. The van der Waals surface area contributed by atoms with Crippen molar-refractivity contribution in [2.45, 2.75) is 13.5 Å². The van der Waals surface area contributed by atoms with E-state index < -0.39 is 6.09 Å². The zero-order chi connectivity index (χ0) is 23.5. The van der Waals surface area contributed by atoms with Crippen molar-refractivity contribution < 1.29 is 9.53 Å². The number of nitrogens with one attached hydrogen (secondary N) is 2. The standard InChI is InChI=1S/C25H19IN6O2/c1-15-6-5-9-20(28-15)23-22(24(26)32-31-23)19-11-10-18-21(30-19)12-17(13-27-18)29-25(33)34-14-16-7-3-2-4-8-16/h2-13H,14H2,1H3,(H,29,33)(H,31,32). The number of aromatic nitrogens is 5. The van der Waals surface area contributed by atoms with Crippen LogP contribution < -0.4 is 5.32 Å². The second-order valence-electron chi connectivity index (χ2n) is 7.57. The lowest BCUT2D eigenvalue weighted by Crippen LogP contribution is -2.13. The molecule has 1 amide bonds. The number of amides is 1. The van der Waals surface area contributed by atoms with Crippen LogP contribution in [0.2, 0.25) is 0 Å². The number of benzene rings is 1. The number of H-pyrrole nitrogens is 1. The fourth-order valence-electron chi connectivity index (χ4n) is 3.51. The highest BCUT2D eigenvalue weighted by Crippen LogP contribution is 2.33. The zero-order valence-electron chi connectivity index (χ0n) is 18.1. The number of hydrogen-bond acceptors (Lipinski definition) is 6. The number of halogens is 1. The summed E-state index contributed by atoms with van der Waals surface area (Å²) >= 11 is 2.21. The van der Waals surface area contributed by atoms with Crippen LogP contribution in [0.4, 0.5) is 10.5 Å². The fourth-order valence-corrected chi connectivity index (χ4v) is 4.16. The second-order valence-corrected chi connectivity index (χ2v) is 8.65. The van der Waals surface area contributed by atoms with Crippen LogP contribution in [-0.2, 0) is 11.3 Å². The minimum atomic E-state index is -0.557. The molecule has 0 unspecified atom stereocenters. The summed E-state index contributed by atoms with van der Waals surface area (Å²) in [6.45, 7) is 2.13. The molecule has 0 aliphatic heterocycles. The van der Waals surface area contributed by atoms with E-state index in [0.29, 0.717) is 16.7 Å². The van der Waals surface area contributed by atoms with Gasteiger partial charge in [0.25, 0.3) is 0 Å². The normalized spacial score (nSPS) is 10.9. The molecule has 0 aliphatic rings. The van der Waals surface area contributed by atoms with Gasteiger partial charge >= 0.3 is 6.09 Å². The van der Waals surface area contributed by atoms with Crippen LogP contribution in [0.1, 0.15) is 11.3 Å². The molecular weight excluding hydrogens is 543 g/mol. The average molecular weight is 562 g/mol. The number of fused-ring (bicyclic) bond motifs is 1. The first-order valence-electron chi connectivity index (χ1n) is 10.5. The molecule has 0 atom stereocenters. The van der Waals surface area contributed by atoms with Crippen LogP contribution in [0.15, 0.2) is 72.9 Å². The molecule has 34 heavy (non-hydrogen) atoms. The summed E-state index contributed by atoms with van der Waals surface area (Å²) < 4.78 is 6.15. The molecule has 9 heteroatoms. The van der Waals surface area contributed by atoms with Crippen molar-refractivity contribution in [3.63, 3.8) is 0 Å². The molecular formula is C25H19IN6O2. The van der Waals surface area contributed by atoms with Crippen LogP contribution >= 0.6 is 22.6 Å². The van der Waals surface area contributed by atoms with Crippen molar-refractivity contribution in [1.82, 2.24) is 25.1 Å². The smallest absolute Gasteiger partial charge is 0.412 e. The average Bonchev–Trinajstić information content (AvgIpc) is 3.24. The SMILES string of the molecule is Cc1cccc(-c2n[nH]c(I)c2-c2ccc3ncc(NC(=O)OCc4ccccc4)cc3n2)n1. The van der Waals surface area contributed by atoms with Crippen molar-refractivity contribution in [3.05, 3.63) is 87.9 Å². The predicted octanol–water partition coefficient (Wildman–Crippen LogP) is 5.74. The van der Waals surface area contributed by atoms with E-state index in [1.165, 1.54) is 0 Å². The van der Waals surface area contributed by atoms with Gasteiger partial charge in [-0.3, -0.25) is 20.4 Å². The van der Waals surface area contributed by atoms with Gasteiger partial charge < -0.3 is 4.74 Å². The fraction of sp³-hybridized carbons (Fsp3) is 0.0800. The second kappa shape index (κ2) is 9.56. The lowest BCUT2D eigenvalue weighted by Gasteiger charge is -2.08. The van der Waals surface area contributed by atoms with E-state index in [-0.39, 0.29) is 6.61 Å².